The second-order valence-corrected chi connectivity index (χ2v) is 8.93. The summed E-state index contributed by atoms with van der Waals surface area (Å²) in [4.78, 5) is 13.4. The molecule has 0 aromatic carbocycles. The molecule has 5 rings (SSSR count). The van der Waals surface area contributed by atoms with Gasteiger partial charge in [-0.1, -0.05) is 0 Å². The Morgan fingerprint density at radius 3 is 2.80 bits per heavy atom. The lowest BCUT2D eigenvalue weighted by Gasteiger charge is -2.39. The molecule has 2 fully saturated rings. The Hall–Kier alpha value is -0.850. The van der Waals surface area contributed by atoms with Crippen molar-refractivity contribution in [1.29, 1.82) is 0 Å². The molecule has 0 radical (unpaired) electrons. The van der Waals surface area contributed by atoms with E-state index in [0.29, 0.717) is 17.4 Å². The molecule has 1 saturated heterocycles. The molecule has 2 aliphatic carbocycles. The van der Waals surface area contributed by atoms with E-state index in [2.05, 4.69) is 14.9 Å². The van der Waals surface area contributed by atoms with Crippen LogP contribution in [0.5, 0.6) is 0 Å². The Labute approximate surface area is 153 Å². The first-order valence-electron chi connectivity index (χ1n) is 9.85. The van der Waals surface area contributed by atoms with Gasteiger partial charge in [-0.3, -0.25) is 9.89 Å². The summed E-state index contributed by atoms with van der Waals surface area (Å²) in [5.41, 5.74) is 1.58. The van der Waals surface area contributed by atoms with Gasteiger partial charge in [0.2, 0.25) is 0 Å². The molecule has 2 unspecified atom stereocenters. The number of morpholine rings is 1. The maximum absolute atomic E-state index is 6.46. The van der Waals surface area contributed by atoms with Crippen molar-refractivity contribution in [1.82, 2.24) is 4.90 Å². The normalized spacial score (nSPS) is 38.5. The Kier molecular flexibility index (Phi) is 4.60. The summed E-state index contributed by atoms with van der Waals surface area (Å²) in [5.74, 6) is 1.28. The Bertz CT molecular complexity index is 604. The number of thioether (sulfide) groups is 1. The maximum atomic E-state index is 6.46. The number of hydrogen-bond donors (Lipinski definition) is 0. The monoisotopic (exact) mass is 361 g/mol. The summed E-state index contributed by atoms with van der Waals surface area (Å²) in [6.45, 7) is 3.98. The first kappa shape index (κ1) is 16.3. The first-order valence-corrected chi connectivity index (χ1v) is 10.7. The molecule has 3 heterocycles. The van der Waals surface area contributed by atoms with Crippen molar-refractivity contribution < 1.29 is 9.47 Å². The summed E-state index contributed by atoms with van der Waals surface area (Å²) < 4.78 is 11.9. The van der Waals surface area contributed by atoms with E-state index in [4.69, 9.17) is 9.47 Å². The number of ether oxygens (including phenoxy) is 2. The zero-order valence-corrected chi connectivity index (χ0v) is 15.5. The molecule has 0 amide bonds. The standard InChI is InChI=1S/C19H27N3O2S/c1-2-15-16(3-1)25-19-17(15)18(20-12-21-19)24-14-6-4-13(5-7-14)22-8-10-23-11-9-22/h12-14,17,19H,1-11H2. The van der Waals surface area contributed by atoms with Crippen molar-refractivity contribution in [2.24, 2.45) is 15.9 Å². The minimum atomic E-state index is 0.294. The Morgan fingerprint density at radius 2 is 1.96 bits per heavy atom. The minimum Gasteiger partial charge on any atom is -0.477 e. The highest BCUT2D eigenvalue weighted by Crippen LogP contribution is 2.52. The van der Waals surface area contributed by atoms with E-state index in [9.17, 15) is 0 Å². The predicted octanol–water partition coefficient (Wildman–Crippen LogP) is 3.21. The van der Waals surface area contributed by atoms with Crippen LogP contribution in [0.25, 0.3) is 0 Å². The summed E-state index contributed by atoms with van der Waals surface area (Å²) in [6, 6.07) is 0.720. The highest BCUT2D eigenvalue weighted by atomic mass is 32.2. The summed E-state index contributed by atoms with van der Waals surface area (Å²) in [5, 5.41) is 0.294. The van der Waals surface area contributed by atoms with Gasteiger partial charge < -0.3 is 9.47 Å². The maximum Gasteiger partial charge on any atom is 0.200 e. The molecule has 25 heavy (non-hydrogen) atoms. The van der Waals surface area contributed by atoms with E-state index < -0.39 is 0 Å². The molecule has 2 atom stereocenters. The van der Waals surface area contributed by atoms with Gasteiger partial charge in [0.1, 0.15) is 17.8 Å². The number of hydrogen-bond acceptors (Lipinski definition) is 6. The van der Waals surface area contributed by atoms with Crippen LogP contribution in [0.2, 0.25) is 0 Å². The molecular weight excluding hydrogens is 334 g/mol. The summed E-state index contributed by atoms with van der Waals surface area (Å²) >= 11 is 1.95. The van der Waals surface area contributed by atoms with Gasteiger partial charge in [-0.15, -0.1) is 11.8 Å². The number of allylic oxidation sites excluding steroid dienone is 1. The van der Waals surface area contributed by atoms with E-state index >= 15 is 0 Å². The zero-order valence-electron chi connectivity index (χ0n) is 14.7. The predicted molar refractivity (Wildman–Crippen MR) is 101 cm³/mol. The molecule has 0 bridgehead atoms. The molecule has 0 spiro atoms. The molecule has 3 aliphatic heterocycles. The quantitative estimate of drug-likeness (QED) is 0.758. The molecule has 0 aromatic rings. The van der Waals surface area contributed by atoms with Gasteiger partial charge in [-0.05, 0) is 55.4 Å². The van der Waals surface area contributed by atoms with Gasteiger partial charge in [-0.25, -0.2) is 4.99 Å². The van der Waals surface area contributed by atoms with E-state index in [1.165, 1.54) is 32.1 Å². The Morgan fingerprint density at radius 1 is 1.12 bits per heavy atom. The van der Waals surface area contributed by atoms with Crippen LogP contribution < -0.4 is 0 Å². The van der Waals surface area contributed by atoms with Crippen LogP contribution in [0.3, 0.4) is 0 Å². The van der Waals surface area contributed by atoms with Crippen LogP contribution in [0.4, 0.5) is 0 Å². The number of aliphatic imine (C=N–C) groups is 2. The van der Waals surface area contributed by atoms with Crippen molar-refractivity contribution in [3.05, 3.63) is 10.5 Å². The molecule has 0 N–H and O–H groups in total. The SMILES string of the molecule is C1=NC2SC3=C(CCC3)C2C(OC2CCC(N3CCOCC3)CC2)=N1. The van der Waals surface area contributed by atoms with Gasteiger partial charge in [0.05, 0.1) is 19.1 Å². The van der Waals surface area contributed by atoms with Crippen LogP contribution in [0, 0.1) is 5.92 Å². The Balaban J connectivity index is 1.20. The average molecular weight is 362 g/mol. The molecule has 136 valence electrons. The molecule has 1 saturated carbocycles. The lowest BCUT2D eigenvalue weighted by molar-refractivity contribution is -0.00269. The third-order valence-corrected chi connectivity index (χ3v) is 7.68. The molecule has 6 heteroatoms. The first-order chi connectivity index (χ1) is 12.4. The zero-order chi connectivity index (χ0) is 16.6. The average Bonchev–Trinajstić information content (AvgIpc) is 3.24. The van der Waals surface area contributed by atoms with E-state index in [0.717, 1.165) is 51.1 Å². The second kappa shape index (κ2) is 7.05. The van der Waals surface area contributed by atoms with E-state index in [1.54, 1.807) is 16.8 Å². The summed E-state index contributed by atoms with van der Waals surface area (Å²) in [6.07, 6.45) is 10.6. The topological polar surface area (TPSA) is 46.4 Å². The number of rotatable bonds is 2. The molecular formula is C19H27N3O2S. The van der Waals surface area contributed by atoms with Gasteiger partial charge in [0.25, 0.3) is 0 Å². The van der Waals surface area contributed by atoms with Crippen LogP contribution in [-0.4, -0.2) is 61.0 Å². The van der Waals surface area contributed by atoms with Crippen LogP contribution >= 0.6 is 11.8 Å². The fourth-order valence-electron chi connectivity index (χ4n) is 4.96. The van der Waals surface area contributed by atoms with Crippen molar-refractivity contribution in [3.8, 4) is 0 Å². The van der Waals surface area contributed by atoms with Crippen molar-refractivity contribution >= 4 is 24.0 Å². The van der Waals surface area contributed by atoms with Crippen LogP contribution in [0.15, 0.2) is 20.5 Å². The van der Waals surface area contributed by atoms with Gasteiger partial charge >= 0.3 is 0 Å². The third kappa shape index (κ3) is 3.17. The smallest absolute Gasteiger partial charge is 0.200 e. The number of fused-ring (bicyclic) bond motifs is 2. The number of nitrogens with zero attached hydrogens (tertiary/aromatic N) is 3. The van der Waals surface area contributed by atoms with Gasteiger partial charge in [0.15, 0.2) is 5.90 Å². The molecule has 5 aliphatic rings. The molecule has 5 nitrogen and oxygen atoms in total. The highest BCUT2D eigenvalue weighted by Gasteiger charge is 2.43. The lowest BCUT2D eigenvalue weighted by atomic mass is 9.91. The second-order valence-electron chi connectivity index (χ2n) is 7.72. The highest BCUT2D eigenvalue weighted by molar-refractivity contribution is 8.04. The molecule has 0 aromatic heterocycles. The van der Waals surface area contributed by atoms with E-state index in [1.807, 2.05) is 11.8 Å². The van der Waals surface area contributed by atoms with Gasteiger partial charge in [-0.2, -0.15) is 0 Å². The third-order valence-electron chi connectivity index (χ3n) is 6.29. The lowest BCUT2D eigenvalue weighted by Crippen LogP contribution is -2.46. The van der Waals surface area contributed by atoms with Gasteiger partial charge in [0, 0.05) is 19.1 Å². The van der Waals surface area contributed by atoms with Crippen molar-refractivity contribution in [2.45, 2.75) is 62.5 Å². The summed E-state index contributed by atoms with van der Waals surface area (Å²) in [7, 11) is 0. The van der Waals surface area contributed by atoms with E-state index in [-0.39, 0.29) is 0 Å². The fraction of sp³-hybridized carbons (Fsp3) is 0.789. The van der Waals surface area contributed by atoms with Crippen LogP contribution in [0.1, 0.15) is 44.9 Å². The fourth-order valence-corrected chi connectivity index (χ4v) is 6.42. The van der Waals surface area contributed by atoms with Crippen molar-refractivity contribution in [3.63, 3.8) is 0 Å². The largest absolute Gasteiger partial charge is 0.477 e. The van der Waals surface area contributed by atoms with Crippen molar-refractivity contribution in [2.75, 3.05) is 26.3 Å². The van der Waals surface area contributed by atoms with Crippen LogP contribution in [-0.2, 0) is 9.47 Å². The minimum absolute atomic E-state index is 0.294.